The molecule has 2 aliphatic rings. The number of nitrogens with one attached hydrogen (secondary N) is 1. The largest absolute Gasteiger partial charge is 0.394 e. The second-order valence-electron chi connectivity index (χ2n) is 25.0. The van der Waals surface area contributed by atoms with Crippen LogP contribution in [0.5, 0.6) is 0 Å². The summed E-state index contributed by atoms with van der Waals surface area (Å²) in [4.78, 5) is 13.3. The van der Waals surface area contributed by atoms with Crippen molar-refractivity contribution in [1.82, 2.24) is 5.32 Å². The van der Waals surface area contributed by atoms with Gasteiger partial charge in [-0.1, -0.05) is 289 Å². The van der Waals surface area contributed by atoms with Gasteiger partial charge in [-0.3, -0.25) is 4.79 Å². The van der Waals surface area contributed by atoms with E-state index in [-0.39, 0.29) is 12.5 Å². The number of ether oxygens (including phenoxy) is 4. The number of carbonyl (C=O) groups excluding carboxylic acids is 1. The van der Waals surface area contributed by atoms with E-state index in [0.29, 0.717) is 19.3 Å². The molecule has 0 saturated carbocycles. The van der Waals surface area contributed by atoms with Crippen molar-refractivity contribution in [2.45, 2.75) is 389 Å². The van der Waals surface area contributed by atoms with Gasteiger partial charge in [-0.25, -0.2) is 0 Å². The van der Waals surface area contributed by atoms with Gasteiger partial charge in [0.05, 0.1) is 32.0 Å². The number of amides is 1. The van der Waals surface area contributed by atoms with E-state index >= 15 is 0 Å². The highest BCUT2D eigenvalue weighted by Crippen LogP contribution is 2.30. The average molecular weight is 1180 g/mol. The molecule has 0 aromatic rings. The summed E-state index contributed by atoms with van der Waals surface area (Å²) >= 11 is 0. The molecule has 14 nitrogen and oxygen atoms in total. The van der Waals surface area contributed by atoms with Crippen molar-refractivity contribution in [3.63, 3.8) is 0 Å². The number of aliphatic hydroxyl groups is 8. The lowest BCUT2D eigenvalue weighted by atomic mass is 9.97. The second-order valence-corrected chi connectivity index (χ2v) is 25.0. The van der Waals surface area contributed by atoms with E-state index in [1.54, 1.807) is 0 Å². The van der Waals surface area contributed by atoms with Crippen molar-refractivity contribution < 1.29 is 64.6 Å². The first-order chi connectivity index (χ1) is 40.6. The maximum atomic E-state index is 13.3. The normalized spacial score (nSPS) is 23.9. The molecule has 2 fully saturated rings. The fourth-order valence-electron chi connectivity index (χ4n) is 11.8. The van der Waals surface area contributed by atoms with Crippen LogP contribution < -0.4 is 5.32 Å². The van der Waals surface area contributed by atoms with Gasteiger partial charge in [0.1, 0.15) is 48.8 Å². The maximum Gasteiger partial charge on any atom is 0.220 e. The molecule has 1 amide bonds. The molecular weight excluding hydrogens is 1050 g/mol. The summed E-state index contributed by atoms with van der Waals surface area (Å²) in [6, 6.07) is -0.833. The molecule has 0 aliphatic carbocycles. The Kier molecular flexibility index (Phi) is 51.0. The minimum absolute atomic E-state index is 0.211. The molecule has 12 unspecified atom stereocenters. The monoisotopic (exact) mass is 1180 g/mol. The fraction of sp³-hybridized carbons (Fsp3) is 0.928. The van der Waals surface area contributed by atoms with Crippen LogP contribution in [0.25, 0.3) is 0 Å². The molecule has 14 heteroatoms. The second kappa shape index (κ2) is 54.6. The molecule has 490 valence electrons. The van der Waals surface area contributed by atoms with Crippen LogP contribution >= 0.6 is 0 Å². The zero-order valence-corrected chi connectivity index (χ0v) is 53.2. The van der Waals surface area contributed by atoms with Gasteiger partial charge >= 0.3 is 0 Å². The number of carbonyl (C=O) groups is 1. The van der Waals surface area contributed by atoms with Crippen LogP contribution in [0, 0.1) is 0 Å². The predicted octanol–water partition coefficient (Wildman–Crippen LogP) is 14.0. The zero-order chi connectivity index (χ0) is 60.2. The van der Waals surface area contributed by atoms with Crippen molar-refractivity contribution in [1.29, 1.82) is 0 Å². The standard InChI is InChI=1S/C69H131NO13/c1-3-5-7-9-11-13-15-17-19-21-22-23-24-25-26-27-28-29-30-31-32-33-34-35-37-38-40-42-44-46-48-50-52-58(73)57(70-61(74)53-51-49-47-45-43-41-39-36-20-18-16-14-12-10-8-6-4-2)56-80-68-66(79)64(77)67(60(55-72)82-68)83-69-65(78)63(76)62(75)59(54-71)81-69/h12,14,18,20,57-60,62-69,71-73,75-79H,3-11,13,15-17,19,21-56H2,1-2H3,(H,70,74)/b14-12-,20-18-. The summed E-state index contributed by atoms with van der Waals surface area (Å²) in [5.41, 5.74) is 0. The van der Waals surface area contributed by atoms with Crippen LogP contribution in [0.15, 0.2) is 24.3 Å². The Hall–Kier alpha value is -1.53. The summed E-state index contributed by atoms with van der Waals surface area (Å²) in [5, 5.41) is 87.5. The van der Waals surface area contributed by atoms with E-state index in [9.17, 15) is 45.6 Å². The number of rotatable bonds is 58. The molecule has 12 atom stereocenters. The molecule has 0 spiro atoms. The Morgan fingerprint density at radius 1 is 0.434 bits per heavy atom. The van der Waals surface area contributed by atoms with Crippen molar-refractivity contribution >= 4 is 5.91 Å². The van der Waals surface area contributed by atoms with E-state index in [2.05, 4.69) is 43.5 Å². The van der Waals surface area contributed by atoms with Crippen LogP contribution in [-0.4, -0.2) is 140 Å². The summed E-state index contributed by atoms with van der Waals surface area (Å²) in [6.07, 6.45) is 50.6. The summed E-state index contributed by atoms with van der Waals surface area (Å²) in [6.45, 7) is 2.87. The average Bonchev–Trinajstić information content (AvgIpc) is 3.65. The van der Waals surface area contributed by atoms with E-state index in [4.69, 9.17) is 18.9 Å². The van der Waals surface area contributed by atoms with Crippen molar-refractivity contribution in [2.75, 3.05) is 19.8 Å². The lowest BCUT2D eigenvalue weighted by Crippen LogP contribution is -2.65. The zero-order valence-electron chi connectivity index (χ0n) is 53.2. The molecule has 83 heavy (non-hydrogen) atoms. The molecule has 0 aromatic carbocycles. The van der Waals surface area contributed by atoms with Crippen molar-refractivity contribution in [3.05, 3.63) is 24.3 Å². The minimum Gasteiger partial charge on any atom is -0.394 e. The third-order valence-electron chi connectivity index (χ3n) is 17.4. The van der Waals surface area contributed by atoms with Crippen LogP contribution in [-0.2, 0) is 23.7 Å². The first kappa shape index (κ1) is 77.6. The molecule has 0 radical (unpaired) electrons. The van der Waals surface area contributed by atoms with Crippen LogP contribution in [0.3, 0.4) is 0 Å². The van der Waals surface area contributed by atoms with Gasteiger partial charge in [0.25, 0.3) is 0 Å². The molecule has 2 heterocycles. The van der Waals surface area contributed by atoms with Gasteiger partial charge < -0.3 is 65.1 Å². The molecule has 2 saturated heterocycles. The Bertz CT molecular complexity index is 1490. The molecular formula is C69H131NO13. The first-order valence-electron chi connectivity index (χ1n) is 35.1. The number of unbranched alkanes of at least 4 members (excludes halogenated alkanes) is 41. The van der Waals surface area contributed by atoms with Gasteiger partial charge in [-0.15, -0.1) is 0 Å². The SMILES string of the molecule is CCCCC/C=C\C/C=C\CCCCCCCCCC(=O)NC(COC1OC(CO)C(OC2OC(CO)C(O)C(O)C2O)C(O)C1O)C(O)CCCCCCCCCCCCCCCCCCCCCCCCCCCCCCCCCC. The molecule has 9 N–H and O–H groups in total. The predicted molar refractivity (Wildman–Crippen MR) is 337 cm³/mol. The highest BCUT2D eigenvalue weighted by atomic mass is 16.7. The number of allylic oxidation sites excluding steroid dienone is 4. The third-order valence-corrected chi connectivity index (χ3v) is 17.4. The highest BCUT2D eigenvalue weighted by molar-refractivity contribution is 5.76. The quantitative estimate of drug-likeness (QED) is 0.0204. The molecule has 0 bridgehead atoms. The van der Waals surface area contributed by atoms with E-state index in [0.717, 1.165) is 57.8 Å². The Balaban J connectivity index is 1.63. The first-order valence-corrected chi connectivity index (χ1v) is 35.1. The van der Waals surface area contributed by atoms with Crippen LogP contribution in [0.2, 0.25) is 0 Å². The molecule has 0 aromatic heterocycles. The number of hydrogen-bond acceptors (Lipinski definition) is 13. The van der Waals surface area contributed by atoms with E-state index in [1.165, 1.54) is 225 Å². The fourth-order valence-corrected chi connectivity index (χ4v) is 11.8. The van der Waals surface area contributed by atoms with E-state index < -0.39 is 86.8 Å². The molecule has 2 aliphatic heterocycles. The van der Waals surface area contributed by atoms with Crippen LogP contribution in [0.4, 0.5) is 0 Å². The third kappa shape index (κ3) is 39.2. The Labute approximate surface area is 507 Å². The number of hydrogen-bond donors (Lipinski definition) is 9. The van der Waals surface area contributed by atoms with Gasteiger partial charge in [0.2, 0.25) is 5.91 Å². The van der Waals surface area contributed by atoms with Gasteiger partial charge in [-0.05, 0) is 44.9 Å². The highest BCUT2D eigenvalue weighted by Gasteiger charge is 2.51. The lowest BCUT2D eigenvalue weighted by molar-refractivity contribution is -0.359. The Morgan fingerprint density at radius 3 is 1.23 bits per heavy atom. The summed E-state index contributed by atoms with van der Waals surface area (Å²) in [5.74, 6) is -0.211. The molecule has 2 rings (SSSR count). The van der Waals surface area contributed by atoms with Crippen LogP contribution in [0.1, 0.15) is 316 Å². The van der Waals surface area contributed by atoms with Gasteiger partial charge in [0, 0.05) is 6.42 Å². The van der Waals surface area contributed by atoms with Gasteiger partial charge in [0.15, 0.2) is 12.6 Å². The van der Waals surface area contributed by atoms with E-state index in [1.807, 2.05) is 0 Å². The van der Waals surface area contributed by atoms with Crippen molar-refractivity contribution in [2.24, 2.45) is 0 Å². The summed E-state index contributed by atoms with van der Waals surface area (Å²) in [7, 11) is 0. The van der Waals surface area contributed by atoms with Crippen molar-refractivity contribution in [3.8, 4) is 0 Å². The topological polar surface area (TPSA) is 228 Å². The minimum atomic E-state index is -1.78. The van der Waals surface area contributed by atoms with Gasteiger partial charge in [-0.2, -0.15) is 0 Å². The summed E-state index contributed by atoms with van der Waals surface area (Å²) < 4.78 is 22.9. The smallest absolute Gasteiger partial charge is 0.220 e. The Morgan fingerprint density at radius 2 is 0.795 bits per heavy atom. The number of aliphatic hydroxyl groups excluding tert-OH is 8. The maximum absolute atomic E-state index is 13.3. The lowest BCUT2D eigenvalue weighted by Gasteiger charge is -2.46.